The number of anilines is 1. The molecule has 3 amide bonds. The van der Waals surface area contributed by atoms with Crippen LogP contribution in [0.2, 0.25) is 10.0 Å². The van der Waals surface area contributed by atoms with Crippen LogP contribution in [0.25, 0.3) is 10.1 Å². The van der Waals surface area contributed by atoms with Gasteiger partial charge in [-0.3, -0.25) is 24.0 Å². The molecule has 1 unspecified atom stereocenters. The monoisotopic (exact) mass is 607 g/mol. The quantitative estimate of drug-likeness (QED) is 0.239. The van der Waals surface area contributed by atoms with Crippen LogP contribution in [0.5, 0.6) is 5.75 Å². The fraction of sp³-hybridized carbons (Fsp3) is 0.296. The zero-order chi connectivity index (χ0) is 29.7. The lowest BCUT2D eigenvalue weighted by atomic mass is 10.1. The first kappa shape index (κ1) is 30.9. The molecule has 0 spiro atoms. The Morgan fingerprint density at radius 2 is 1.70 bits per heavy atom. The predicted octanol–water partition coefficient (Wildman–Crippen LogP) is 5.17. The fourth-order valence-electron chi connectivity index (χ4n) is 3.99. The third-order valence-corrected chi connectivity index (χ3v) is 7.81. The van der Waals surface area contributed by atoms with Crippen molar-refractivity contribution < 1.29 is 33.4 Å². The molecule has 0 bridgehead atoms. The maximum absolute atomic E-state index is 13.1. The molecule has 212 valence electrons. The van der Waals surface area contributed by atoms with E-state index < -0.39 is 23.8 Å². The van der Waals surface area contributed by atoms with Gasteiger partial charge in [-0.25, -0.2) is 0 Å². The molecule has 13 heteroatoms. The molecule has 3 aromatic rings. The first-order valence-electron chi connectivity index (χ1n) is 12.1. The summed E-state index contributed by atoms with van der Waals surface area (Å²) < 4.78 is 10.6. The first-order valence-corrected chi connectivity index (χ1v) is 13.6. The van der Waals surface area contributed by atoms with Crippen LogP contribution in [0.4, 0.5) is 5.00 Å². The number of nitrogens with zero attached hydrogens (tertiary/aromatic N) is 1. The van der Waals surface area contributed by atoms with Gasteiger partial charge in [-0.05, 0) is 30.2 Å². The van der Waals surface area contributed by atoms with E-state index in [1.54, 1.807) is 29.2 Å². The largest absolute Gasteiger partial charge is 0.464 e. The highest BCUT2D eigenvalue weighted by atomic mass is 35.5. The smallest absolute Gasteiger partial charge is 0.308 e. The number of primary amides is 1. The summed E-state index contributed by atoms with van der Waals surface area (Å²) in [6.07, 6.45) is 0.586. The van der Waals surface area contributed by atoms with Crippen LogP contribution in [-0.4, -0.2) is 47.2 Å². The Bertz CT molecular complexity index is 1490. The number of carbonyl (C=O) groups excluding carboxylic acids is 5. The molecule has 40 heavy (non-hydrogen) atoms. The van der Waals surface area contributed by atoms with Crippen molar-refractivity contribution in [2.75, 3.05) is 11.9 Å². The molecule has 1 atom stereocenters. The number of hydrogen-bond donors (Lipinski definition) is 2. The van der Waals surface area contributed by atoms with Crippen LogP contribution >= 0.6 is 34.5 Å². The van der Waals surface area contributed by atoms with Crippen LogP contribution in [0, 0.1) is 0 Å². The lowest BCUT2D eigenvalue weighted by Gasteiger charge is -2.30. The number of rotatable bonds is 10. The van der Waals surface area contributed by atoms with E-state index in [0.717, 1.165) is 16.9 Å². The van der Waals surface area contributed by atoms with Gasteiger partial charge in [0.25, 0.3) is 11.8 Å². The van der Waals surface area contributed by atoms with Gasteiger partial charge in [0.15, 0.2) is 5.75 Å². The third kappa shape index (κ3) is 7.09. The molecule has 0 aliphatic heterocycles. The summed E-state index contributed by atoms with van der Waals surface area (Å²) in [6.45, 7) is 6.17. The van der Waals surface area contributed by atoms with E-state index >= 15 is 0 Å². The summed E-state index contributed by atoms with van der Waals surface area (Å²) in [5.41, 5.74) is 6.66. The van der Waals surface area contributed by atoms with E-state index in [9.17, 15) is 24.0 Å². The van der Waals surface area contributed by atoms with Gasteiger partial charge in [-0.1, -0.05) is 42.3 Å². The maximum Gasteiger partial charge on any atom is 0.308 e. The Balaban J connectivity index is 1.86. The number of ether oxygens (including phenoxy) is 2. The molecule has 3 N–H and O–H groups in total. The molecule has 10 nitrogen and oxygen atoms in total. The fourth-order valence-corrected chi connectivity index (χ4v) is 5.75. The summed E-state index contributed by atoms with van der Waals surface area (Å²) >= 11 is 13.6. The molecule has 3 rings (SSSR count). The lowest BCUT2D eigenvalue weighted by molar-refractivity contribution is -0.146. The molecule has 1 heterocycles. The van der Waals surface area contributed by atoms with Crippen LogP contribution in [0.1, 0.15) is 60.4 Å². The minimum Gasteiger partial charge on any atom is -0.464 e. The number of carbonyl (C=O) groups is 5. The van der Waals surface area contributed by atoms with Crippen molar-refractivity contribution in [2.45, 2.75) is 46.7 Å². The normalized spacial score (nSPS) is 11.6. The molecule has 0 aliphatic rings. The Labute approximate surface area is 244 Å². The predicted molar refractivity (Wildman–Crippen MR) is 153 cm³/mol. The Morgan fingerprint density at radius 3 is 2.23 bits per heavy atom. The molecular weight excluding hydrogens is 581 g/mol. The molecule has 2 aromatic carbocycles. The zero-order valence-electron chi connectivity index (χ0n) is 22.1. The van der Waals surface area contributed by atoms with Crippen molar-refractivity contribution >= 4 is 79.3 Å². The number of nitrogens with two attached hydrogens (primary N) is 1. The Morgan fingerprint density at radius 1 is 1.05 bits per heavy atom. The van der Waals surface area contributed by atoms with Crippen molar-refractivity contribution in [2.24, 2.45) is 5.73 Å². The van der Waals surface area contributed by atoms with Crippen LogP contribution in [0.15, 0.2) is 30.3 Å². The summed E-state index contributed by atoms with van der Waals surface area (Å²) in [6, 6.07) is 7.65. The molecule has 0 fully saturated rings. The van der Waals surface area contributed by atoms with Crippen molar-refractivity contribution in [3.63, 3.8) is 0 Å². The highest BCUT2D eigenvalue weighted by Crippen LogP contribution is 2.46. The number of halogens is 2. The number of esters is 2. The van der Waals surface area contributed by atoms with Gasteiger partial charge in [0.2, 0.25) is 5.91 Å². The second-order valence-electron chi connectivity index (χ2n) is 8.80. The van der Waals surface area contributed by atoms with Crippen LogP contribution < -0.4 is 15.8 Å². The number of thiophene rings is 1. The third-order valence-electron chi connectivity index (χ3n) is 5.92. The van der Waals surface area contributed by atoms with E-state index in [4.69, 9.17) is 38.4 Å². The van der Waals surface area contributed by atoms with Gasteiger partial charge in [-0.2, -0.15) is 0 Å². The molecule has 0 saturated carbocycles. The van der Waals surface area contributed by atoms with E-state index in [0.29, 0.717) is 16.5 Å². The van der Waals surface area contributed by atoms with Crippen molar-refractivity contribution in [3.8, 4) is 5.75 Å². The molecular formula is C27H27Cl2N3O7S. The summed E-state index contributed by atoms with van der Waals surface area (Å²) in [5.74, 6) is -2.63. The van der Waals surface area contributed by atoms with Gasteiger partial charge in [0.05, 0.1) is 21.3 Å². The van der Waals surface area contributed by atoms with Crippen LogP contribution in [0.3, 0.4) is 0 Å². The van der Waals surface area contributed by atoms with Crippen molar-refractivity contribution in [3.05, 3.63) is 57.1 Å². The molecule has 1 aromatic heterocycles. The van der Waals surface area contributed by atoms with Crippen molar-refractivity contribution in [1.82, 2.24) is 4.90 Å². The molecule has 0 saturated heterocycles. The molecule has 0 radical (unpaired) electrons. The van der Waals surface area contributed by atoms with E-state index in [1.807, 2.05) is 6.92 Å². The zero-order valence-corrected chi connectivity index (χ0v) is 24.5. The average molecular weight is 609 g/mol. The molecule has 0 aliphatic carbocycles. The van der Waals surface area contributed by atoms with E-state index in [-0.39, 0.29) is 57.0 Å². The van der Waals surface area contributed by atoms with Gasteiger partial charge in [-0.15, -0.1) is 11.3 Å². The summed E-state index contributed by atoms with van der Waals surface area (Å²) in [5, 5.41) is 3.15. The summed E-state index contributed by atoms with van der Waals surface area (Å²) in [7, 11) is 0. The average Bonchev–Trinajstić information content (AvgIpc) is 3.24. The number of fused-ring (bicyclic) bond motifs is 1. The number of nitrogens with one attached hydrogen (secondary N) is 1. The van der Waals surface area contributed by atoms with Crippen LogP contribution in [-0.2, 0) is 25.7 Å². The van der Waals surface area contributed by atoms with E-state index in [2.05, 4.69) is 5.32 Å². The SMILES string of the molecule is CCC(COC(C)=O)N(Cc1ccc(C(=O)Nc2sc3c(Cl)c(OC(C)=O)c(Cl)cc3c2C(N)=O)cc1)C(C)=O. The minimum absolute atomic E-state index is 0.000705. The Kier molecular flexibility index (Phi) is 10.1. The second kappa shape index (κ2) is 13.1. The van der Waals surface area contributed by atoms with Crippen molar-refractivity contribution in [1.29, 1.82) is 0 Å². The second-order valence-corrected chi connectivity index (χ2v) is 10.6. The number of amides is 3. The highest BCUT2D eigenvalue weighted by molar-refractivity contribution is 7.24. The standard InChI is InChI=1S/C27H27Cl2N3O7S/c1-5-18(12-38-14(3)34)32(13(2)33)11-16-6-8-17(9-7-16)26(37)31-27-21(25(30)36)19-10-20(28)23(39-15(4)35)22(29)24(19)40-27/h6-10,18H,5,11-12H2,1-4H3,(H2,30,36)(H,31,37). The van der Waals surface area contributed by atoms with Gasteiger partial charge < -0.3 is 25.4 Å². The van der Waals surface area contributed by atoms with Gasteiger partial charge >= 0.3 is 11.9 Å². The lowest BCUT2D eigenvalue weighted by Crippen LogP contribution is -2.41. The number of hydrogen-bond acceptors (Lipinski definition) is 8. The topological polar surface area (TPSA) is 145 Å². The first-order chi connectivity index (χ1) is 18.8. The maximum atomic E-state index is 13.1. The van der Waals surface area contributed by atoms with Gasteiger partial charge in [0.1, 0.15) is 16.6 Å². The van der Waals surface area contributed by atoms with Gasteiger partial charge in [0, 0.05) is 38.3 Å². The highest BCUT2D eigenvalue weighted by Gasteiger charge is 2.25. The minimum atomic E-state index is -0.812. The van der Waals surface area contributed by atoms with E-state index in [1.165, 1.54) is 26.8 Å². The summed E-state index contributed by atoms with van der Waals surface area (Å²) in [4.78, 5) is 62.0. The number of benzene rings is 2. The Hall–Kier alpha value is -3.67.